The van der Waals surface area contributed by atoms with Crippen molar-refractivity contribution < 1.29 is 23.8 Å². The second-order valence-corrected chi connectivity index (χ2v) is 6.94. The molecule has 1 aliphatic rings. The quantitative estimate of drug-likeness (QED) is 0.630. The number of benzene rings is 2. The van der Waals surface area contributed by atoms with Gasteiger partial charge in [-0.15, -0.1) is 0 Å². The van der Waals surface area contributed by atoms with Gasteiger partial charge in [0.1, 0.15) is 18.1 Å². The molecule has 1 aliphatic heterocycles. The molecule has 1 N–H and O–H groups in total. The van der Waals surface area contributed by atoms with Crippen molar-refractivity contribution in [3.05, 3.63) is 47.5 Å². The first-order valence-corrected chi connectivity index (χ1v) is 9.69. The van der Waals surface area contributed by atoms with Crippen molar-refractivity contribution in [2.45, 2.75) is 12.8 Å². The van der Waals surface area contributed by atoms with Crippen LogP contribution in [-0.2, 0) is 14.3 Å². The highest BCUT2D eigenvalue weighted by Crippen LogP contribution is 2.34. The van der Waals surface area contributed by atoms with Crippen LogP contribution in [0.4, 0.5) is 11.4 Å². The Bertz CT molecular complexity index is 857. The molecular formula is C21H23ClN2O5. The van der Waals surface area contributed by atoms with E-state index in [0.29, 0.717) is 35.3 Å². The molecule has 2 amide bonds. The van der Waals surface area contributed by atoms with Crippen molar-refractivity contribution in [1.29, 1.82) is 0 Å². The molecular weight excluding hydrogens is 396 g/mol. The summed E-state index contributed by atoms with van der Waals surface area (Å²) in [4.78, 5) is 25.8. The van der Waals surface area contributed by atoms with Crippen LogP contribution in [0, 0.1) is 0 Å². The summed E-state index contributed by atoms with van der Waals surface area (Å²) >= 11 is 5.86. The van der Waals surface area contributed by atoms with Crippen LogP contribution in [0.15, 0.2) is 42.5 Å². The van der Waals surface area contributed by atoms with Gasteiger partial charge in [-0.25, -0.2) is 0 Å². The number of nitrogens with one attached hydrogen (secondary N) is 1. The van der Waals surface area contributed by atoms with Gasteiger partial charge in [0.2, 0.25) is 5.91 Å². The van der Waals surface area contributed by atoms with Crippen molar-refractivity contribution in [3.8, 4) is 11.5 Å². The second-order valence-electron chi connectivity index (χ2n) is 6.51. The summed E-state index contributed by atoms with van der Waals surface area (Å²) in [6, 6.07) is 12.4. The Kier molecular flexibility index (Phi) is 7.32. The molecule has 0 aromatic heterocycles. The monoisotopic (exact) mass is 418 g/mol. The van der Waals surface area contributed by atoms with Crippen LogP contribution >= 0.6 is 11.6 Å². The van der Waals surface area contributed by atoms with Gasteiger partial charge in [-0.1, -0.05) is 11.6 Å². The predicted molar refractivity (Wildman–Crippen MR) is 111 cm³/mol. The number of halogens is 1. The van der Waals surface area contributed by atoms with Gasteiger partial charge in [0.05, 0.1) is 12.3 Å². The molecule has 0 radical (unpaired) electrons. The maximum Gasteiger partial charge on any atom is 0.265 e. The molecule has 0 fully saturated rings. The zero-order chi connectivity index (χ0) is 20.6. The Hall–Kier alpha value is -2.77. The normalized spacial score (nSPS) is 12.9. The zero-order valence-corrected chi connectivity index (χ0v) is 16.9. The summed E-state index contributed by atoms with van der Waals surface area (Å²) in [5.74, 6) is 1.00. The minimum atomic E-state index is -0.263. The molecule has 1 heterocycles. The number of nitrogens with zero attached hydrogens (tertiary/aromatic N) is 1. The fourth-order valence-corrected chi connectivity index (χ4v) is 3.07. The smallest absolute Gasteiger partial charge is 0.265 e. The van der Waals surface area contributed by atoms with Gasteiger partial charge in [0, 0.05) is 24.4 Å². The molecule has 0 bridgehead atoms. The number of carbonyl (C=O) groups excluding carboxylic acids is 2. The average Bonchev–Trinajstić information content (AvgIpc) is 2.71. The lowest BCUT2D eigenvalue weighted by molar-refractivity contribution is -0.121. The molecule has 0 saturated heterocycles. The first-order valence-electron chi connectivity index (χ1n) is 9.31. The van der Waals surface area contributed by atoms with Crippen LogP contribution in [0.2, 0.25) is 5.02 Å². The number of unbranched alkanes of at least 4 members (excludes halogenated alkanes) is 1. The van der Waals surface area contributed by atoms with E-state index in [2.05, 4.69) is 5.32 Å². The van der Waals surface area contributed by atoms with Crippen molar-refractivity contribution in [2.24, 2.45) is 0 Å². The number of methoxy groups -OCH3 is 1. The molecule has 0 spiro atoms. The van der Waals surface area contributed by atoms with Gasteiger partial charge < -0.3 is 24.4 Å². The van der Waals surface area contributed by atoms with Crippen LogP contribution in [0.3, 0.4) is 0 Å². The highest BCUT2D eigenvalue weighted by atomic mass is 35.5. The van der Waals surface area contributed by atoms with E-state index in [0.717, 1.165) is 18.6 Å². The number of hydrogen-bond donors (Lipinski definition) is 1. The van der Waals surface area contributed by atoms with E-state index in [4.69, 9.17) is 25.8 Å². The number of ether oxygens (including phenoxy) is 3. The maximum atomic E-state index is 12.4. The number of fused-ring (bicyclic) bond motifs is 1. The standard InChI is InChI=1S/C21H23ClN2O5/c1-27-13-20(25)23-16-6-9-19-18(12-16)24(21(26)14-29-19)10-2-3-11-28-17-7-4-15(22)5-8-17/h4-9,12H,2-3,10-11,13-14H2,1H3,(H,23,25). The van der Waals surface area contributed by atoms with Crippen molar-refractivity contribution >= 4 is 34.8 Å². The Morgan fingerprint density at radius 1 is 1.21 bits per heavy atom. The van der Waals surface area contributed by atoms with E-state index in [1.807, 2.05) is 12.1 Å². The summed E-state index contributed by atoms with van der Waals surface area (Å²) in [5, 5.41) is 3.41. The van der Waals surface area contributed by atoms with E-state index in [1.165, 1.54) is 7.11 Å². The number of rotatable bonds is 9. The van der Waals surface area contributed by atoms with Gasteiger partial charge in [-0.3, -0.25) is 9.59 Å². The van der Waals surface area contributed by atoms with E-state index in [9.17, 15) is 9.59 Å². The molecule has 7 nitrogen and oxygen atoms in total. The Morgan fingerprint density at radius 2 is 2.00 bits per heavy atom. The fourth-order valence-electron chi connectivity index (χ4n) is 2.95. The number of anilines is 2. The first kappa shape index (κ1) is 21.0. The lowest BCUT2D eigenvalue weighted by Crippen LogP contribution is -2.39. The number of hydrogen-bond acceptors (Lipinski definition) is 5. The molecule has 0 unspecified atom stereocenters. The summed E-state index contributed by atoms with van der Waals surface area (Å²) < 4.78 is 16.0. The molecule has 3 rings (SSSR count). The van der Waals surface area contributed by atoms with Crippen LogP contribution in [-0.4, -0.2) is 45.3 Å². The highest BCUT2D eigenvalue weighted by Gasteiger charge is 2.25. The third kappa shape index (κ3) is 5.85. The molecule has 29 heavy (non-hydrogen) atoms. The first-order chi connectivity index (χ1) is 14.1. The molecule has 154 valence electrons. The van der Waals surface area contributed by atoms with Gasteiger partial charge in [0.15, 0.2) is 6.61 Å². The molecule has 0 atom stereocenters. The van der Waals surface area contributed by atoms with Crippen molar-refractivity contribution in [3.63, 3.8) is 0 Å². The Labute approximate surface area is 174 Å². The van der Waals surface area contributed by atoms with E-state index in [-0.39, 0.29) is 25.0 Å². The SMILES string of the molecule is COCC(=O)Nc1ccc2c(c1)N(CCCCOc1ccc(Cl)cc1)C(=O)CO2. The summed E-state index contributed by atoms with van der Waals surface area (Å²) in [7, 11) is 1.46. The zero-order valence-electron chi connectivity index (χ0n) is 16.2. The number of amides is 2. The summed E-state index contributed by atoms with van der Waals surface area (Å²) in [5.41, 5.74) is 1.23. The van der Waals surface area contributed by atoms with E-state index < -0.39 is 0 Å². The molecule has 0 aliphatic carbocycles. The highest BCUT2D eigenvalue weighted by molar-refractivity contribution is 6.30. The van der Waals surface area contributed by atoms with Gasteiger partial charge >= 0.3 is 0 Å². The maximum absolute atomic E-state index is 12.4. The third-order valence-electron chi connectivity index (χ3n) is 4.32. The van der Waals surface area contributed by atoms with E-state index in [1.54, 1.807) is 35.2 Å². The van der Waals surface area contributed by atoms with Crippen molar-refractivity contribution in [1.82, 2.24) is 0 Å². The third-order valence-corrected chi connectivity index (χ3v) is 4.57. The lowest BCUT2D eigenvalue weighted by Gasteiger charge is -2.30. The van der Waals surface area contributed by atoms with Crippen LogP contribution in [0.5, 0.6) is 11.5 Å². The second kappa shape index (κ2) is 10.1. The fraction of sp³-hybridized carbons (Fsp3) is 0.333. The Morgan fingerprint density at radius 3 is 2.76 bits per heavy atom. The van der Waals surface area contributed by atoms with Crippen LogP contribution in [0.25, 0.3) is 0 Å². The summed E-state index contributed by atoms with van der Waals surface area (Å²) in [6.07, 6.45) is 1.55. The minimum Gasteiger partial charge on any atom is -0.494 e. The largest absolute Gasteiger partial charge is 0.494 e. The molecule has 8 heteroatoms. The minimum absolute atomic E-state index is 0.00363. The molecule has 2 aromatic rings. The molecule has 0 saturated carbocycles. The number of carbonyl (C=O) groups is 2. The van der Waals surface area contributed by atoms with Gasteiger partial charge in [-0.05, 0) is 55.3 Å². The van der Waals surface area contributed by atoms with Crippen LogP contribution < -0.4 is 19.7 Å². The Balaban J connectivity index is 1.55. The molecule has 2 aromatic carbocycles. The van der Waals surface area contributed by atoms with Crippen LogP contribution in [0.1, 0.15) is 12.8 Å². The lowest BCUT2D eigenvalue weighted by atomic mass is 10.2. The van der Waals surface area contributed by atoms with E-state index >= 15 is 0 Å². The predicted octanol–water partition coefficient (Wildman–Crippen LogP) is 3.51. The van der Waals surface area contributed by atoms with Gasteiger partial charge in [0.25, 0.3) is 5.91 Å². The average molecular weight is 419 g/mol. The van der Waals surface area contributed by atoms with Crippen molar-refractivity contribution in [2.75, 3.05) is 43.7 Å². The summed E-state index contributed by atoms with van der Waals surface area (Å²) in [6.45, 7) is 1.04. The van der Waals surface area contributed by atoms with Gasteiger partial charge in [-0.2, -0.15) is 0 Å². The topological polar surface area (TPSA) is 77.1 Å².